The van der Waals surface area contributed by atoms with E-state index in [0.29, 0.717) is 5.25 Å². The van der Waals surface area contributed by atoms with Gasteiger partial charge in [-0.15, -0.1) is 0 Å². The normalized spacial score (nSPS) is 21.3. The summed E-state index contributed by atoms with van der Waals surface area (Å²) >= 11 is 1.82. The Hall–Kier alpha value is -1.30. The lowest BCUT2D eigenvalue weighted by Crippen LogP contribution is -2.38. The van der Waals surface area contributed by atoms with Crippen molar-refractivity contribution in [2.45, 2.75) is 37.5 Å². The highest BCUT2D eigenvalue weighted by Gasteiger charge is 2.29. The first-order valence-electron chi connectivity index (χ1n) is 7.16. The van der Waals surface area contributed by atoms with Crippen molar-refractivity contribution >= 4 is 23.4 Å². The van der Waals surface area contributed by atoms with Gasteiger partial charge in [0.25, 0.3) is 5.91 Å². The lowest BCUT2D eigenvalue weighted by Gasteiger charge is -2.20. The second kappa shape index (κ2) is 7.11. The van der Waals surface area contributed by atoms with Gasteiger partial charge in [0, 0.05) is 23.9 Å². The number of hydrogen-bond donors (Lipinski definition) is 2. The van der Waals surface area contributed by atoms with Crippen LogP contribution in [0.2, 0.25) is 0 Å². The van der Waals surface area contributed by atoms with E-state index < -0.39 is 17.5 Å². The van der Waals surface area contributed by atoms with Gasteiger partial charge >= 0.3 is 0 Å². The Labute approximate surface area is 127 Å². The Morgan fingerprint density at radius 1 is 1.33 bits per heavy atom. The molecule has 2 N–H and O–H groups in total. The van der Waals surface area contributed by atoms with Crippen LogP contribution in [-0.4, -0.2) is 30.0 Å². The first kappa shape index (κ1) is 16.1. The molecule has 1 fully saturated rings. The summed E-state index contributed by atoms with van der Waals surface area (Å²) in [6.45, 7) is 2.09. The van der Waals surface area contributed by atoms with Gasteiger partial charge in [-0.2, -0.15) is 11.8 Å². The van der Waals surface area contributed by atoms with E-state index in [9.17, 15) is 13.6 Å². The van der Waals surface area contributed by atoms with Crippen LogP contribution in [-0.2, 0) is 0 Å². The molecule has 1 aliphatic carbocycles. The fraction of sp³-hybridized carbons (Fsp3) is 0.533. The Bertz CT molecular complexity index is 501. The van der Waals surface area contributed by atoms with Crippen LogP contribution in [0.1, 0.15) is 36.5 Å². The molecule has 1 aromatic carbocycles. The third-order valence-electron chi connectivity index (χ3n) is 3.70. The van der Waals surface area contributed by atoms with Gasteiger partial charge in [0.15, 0.2) is 0 Å². The molecule has 1 aromatic rings. The predicted molar refractivity (Wildman–Crippen MR) is 82.9 cm³/mol. The Kier molecular flexibility index (Phi) is 5.45. The second-order valence-corrected chi connectivity index (χ2v) is 6.59. The number of hydrogen-bond acceptors (Lipinski definition) is 3. The van der Waals surface area contributed by atoms with Crippen molar-refractivity contribution in [3.8, 4) is 0 Å². The topological polar surface area (TPSA) is 41.1 Å². The molecule has 1 saturated carbocycles. The zero-order chi connectivity index (χ0) is 15.4. The largest absolute Gasteiger partial charge is 0.383 e. The molecule has 0 bridgehead atoms. The van der Waals surface area contributed by atoms with Gasteiger partial charge < -0.3 is 10.6 Å². The lowest BCUT2D eigenvalue weighted by molar-refractivity contribution is 0.0938. The summed E-state index contributed by atoms with van der Waals surface area (Å²) in [6, 6.07) is 2.22. The summed E-state index contributed by atoms with van der Waals surface area (Å²) in [5.41, 5.74) is -0.192. The number of halogens is 2. The molecule has 0 heterocycles. The molecule has 2 unspecified atom stereocenters. The van der Waals surface area contributed by atoms with Crippen molar-refractivity contribution in [3.05, 3.63) is 29.3 Å². The van der Waals surface area contributed by atoms with E-state index in [0.717, 1.165) is 37.1 Å². The molecule has 0 radical (unpaired) electrons. The van der Waals surface area contributed by atoms with Crippen LogP contribution in [0, 0.1) is 11.6 Å². The van der Waals surface area contributed by atoms with E-state index in [-0.39, 0.29) is 17.3 Å². The Morgan fingerprint density at radius 3 is 2.57 bits per heavy atom. The van der Waals surface area contributed by atoms with E-state index in [1.807, 2.05) is 11.8 Å². The molecule has 2 rings (SSSR count). The maximum absolute atomic E-state index is 13.7. The van der Waals surface area contributed by atoms with Gasteiger partial charge in [-0.25, -0.2) is 8.78 Å². The molecule has 21 heavy (non-hydrogen) atoms. The monoisotopic (exact) mass is 314 g/mol. The lowest BCUT2D eigenvalue weighted by atomic mass is 10.1. The molecular formula is C15H20F2N2OS. The summed E-state index contributed by atoms with van der Waals surface area (Å²) in [4.78, 5) is 12.2. The van der Waals surface area contributed by atoms with E-state index >= 15 is 0 Å². The van der Waals surface area contributed by atoms with Gasteiger partial charge in [0.2, 0.25) is 0 Å². The standard InChI is InChI=1S/C15H20F2N2OS/c1-3-21-13-6-4-5-12(13)19-15(20)9-7-10(16)14(18-2)11(17)8-9/h7-8,12-13,18H,3-6H2,1-2H3,(H,19,20). The van der Waals surface area contributed by atoms with Crippen molar-refractivity contribution < 1.29 is 13.6 Å². The molecule has 6 heteroatoms. The molecule has 0 spiro atoms. The second-order valence-electron chi connectivity index (χ2n) is 5.07. The van der Waals surface area contributed by atoms with Crippen LogP contribution in [0.25, 0.3) is 0 Å². The molecule has 3 nitrogen and oxygen atoms in total. The van der Waals surface area contributed by atoms with Crippen LogP contribution in [0.4, 0.5) is 14.5 Å². The first-order chi connectivity index (χ1) is 10.1. The first-order valence-corrected chi connectivity index (χ1v) is 8.21. The summed E-state index contributed by atoms with van der Waals surface area (Å²) < 4.78 is 27.4. The minimum absolute atomic E-state index is 0.0242. The fourth-order valence-corrected chi connectivity index (χ4v) is 3.90. The van der Waals surface area contributed by atoms with E-state index in [1.54, 1.807) is 0 Å². The van der Waals surface area contributed by atoms with Gasteiger partial charge in [0.1, 0.15) is 17.3 Å². The number of anilines is 1. The molecule has 2 atom stereocenters. The zero-order valence-electron chi connectivity index (χ0n) is 12.2. The number of benzene rings is 1. The maximum Gasteiger partial charge on any atom is 0.251 e. The van der Waals surface area contributed by atoms with Crippen LogP contribution in [0.5, 0.6) is 0 Å². The van der Waals surface area contributed by atoms with Crippen LogP contribution < -0.4 is 10.6 Å². The highest BCUT2D eigenvalue weighted by molar-refractivity contribution is 7.99. The van der Waals surface area contributed by atoms with E-state index in [4.69, 9.17) is 0 Å². The minimum Gasteiger partial charge on any atom is -0.383 e. The van der Waals surface area contributed by atoms with Crippen LogP contribution in [0.15, 0.2) is 12.1 Å². The van der Waals surface area contributed by atoms with Crippen molar-refractivity contribution in [3.63, 3.8) is 0 Å². The third-order valence-corrected chi connectivity index (χ3v) is 5.03. The number of carbonyl (C=O) groups is 1. The Balaban J connectivity index is 2.10. The maximum atomic E-state index is 13.7. The summed E-state index contributed by atoms with van der Waals surface area (Å²) in [5.74, 6) is -0.928. The number of nitrogens with one attached hydrogen (secondary N) is 2. The average Bonchev–Trinajstić information content (AvgIpc) is 2.86. The van der Waals surface area contributed by atoms with Gasteiger partial charge in [0.05, 0.1) is 0 Å². The molecule has 0 aliphatic heterocycles. The molecular weight excluding hydrogens is 294 g/mol. The minimum atomic E-state index is -0.756. The summed E-state index contributed by atoms with van der Waals surface area (Å²) in [6.07, 6.45) is 3.07. The summed E-state index contributed by atoms with van der Waals surface area (Å²) in [5, 5.41) is 5.74. The fourth-order valence-electron chi connectivity index (χ4n) is 2.70. The number of rotatable bonds is 5. The molecule has 1 amide bonds. The SMILES string of the molecule is CCSC1CCCC1NC(=O)c1cc(F)c(NC)c(F)c1. The van der Waals surface area contributed by atoms with Crippen molar-refractivity contribution in [1.29, 1.82) is 0 Å². The average molecular weight is 314 g/mol. The molecule has 116 valence electrons. The molecule has 0 aromatic heterocycles. The zero-order valence-corrected chi connectivity index (χ0v) is 13.0. The van der Waals surface area contributed by atoms with Gasteiger partial charge in [-0.3, -0.25) is 4.79 Å². The van der Waals surface area contributed by atoms with E-state index in [1.165, 1.54) is 7.05 Å². The molecule has 1 aliphatic rings. The van der Waals surface area contributed by atoms with Gasteiger partial charge in [-0.05, 0) is 30.7 Å². The van der Waals surface area contributed by atoms with Gasteiger partial charge in [-0.1, -0.05) is 13.3 Å². The number of amides is 1. The highest BCUT2D eigenvalue weighted by Crippen LogP contribution is 2.30. The van der Waals surface area contributed by atoms with Crippen LogP contribution in [0.3, 0.4) is 0 Å². The van der Waals surface area contributed by atoms with Crippen molar-refractivity contribution in [2.75, 3.05) is 18.1 Å². The molecule has 0 saturated heterocycles. The van der Waals surface area contributed by atoms with Crippen LogP contribution >= 0.6 is 11.8 Å². The highest BCUT2D eigenvalue weighted by atomic mass is 32.2. The third kappa shape index (κ3) is 3.67. The quantitative estimate of drug-likeness (QED) is 0.875. The van der Waals surface area contributed by atoms with E-state index in [2.05, 4.69) is 17.6 Å². The predicted octanol–water partition coefficient (Wildman–Crippen LogP) is 3.41. The smallest absolute Gasteiger partial charge is 0.251 e. The Morgan fingerprint density at radius 2 is 2.00 bits per heavy atom. The van der Waals surface area contributed by atoms with Crippen molar-refractivity contribution in [1.82, 2.24) is 5.32 Å². The number of carbonyl (C=O) groups excluding carboxylic acids is 1. The number of thioether (sulfide) groups is 1. The van der Waals surface area contributed by atoms with Crippen molar-refractivity contribution in [2.24, 2.45) is 0 Å². The summed E-state index contributed by atoms with van der Waals surface area (Å²) in [7, 11) is 1.44.